The van der Waals surface area contributed by atoms with E-state index in [1.807, 2.05) is 0 Å². The van der Waals surface area contributed by atoms with Crippen molar-refractivity contribution in [2.24, 2.45) is 0 Å². The van der Waals surface area contributed by atoms with Crippen molar-refractivity contribution < 1.29 is 19.8 Å². The zero-order valence-corrected chi connectivity index (χ0v) is 11.9. The number of likely N-dealkylation sites (tertiary alicyclic amines) is 1. The van der Waals surface area contributed by atoms with Crippen LogP contribution >= 0.6 is 0 Å². The molecule has 0 spiro atoms. The van der Waals surface area contributed by atoms with E-state index in [0.29, 0.717) is 25.2 Å². The lowest BCUT2D eigenvalue weighted by Crippen LogP contribution is -2.51. The number of nitrogens with zero attached hydrogens (tertiary/aromatic N) is 2. The lowest BCUT2D eigenvalue weighted by Gasteiger charge is -2.36. The molecule has 0 aliphatic carbocycles. The van der Waals surface area contributed by atoms with Gasteiger partial charge in [-0.05, 0) is 31.9 Å². The predicted molar refractivity (Wildman–Crippen MR) is 74.9 cm³/mol. The molecule has 1 aromatic rings. The Kier molecular flexibility index (Phi) is 4.42. The van der Waals surface area contributed by atoms with Gasteiger partial charge in [-0.15, -0.1) is 0 Å². The predicted octanol–water partition coefficient (Wildman–Crippen LogP) is 0.836. The summed E-state index contributed by atoms with van der Waals surface area (Å²) in [5.74, 6) is -1.03. The van der Waals surface area contributed by atoms with Gasteiger partial charge in [0.05, 0.1) is 29.9 Å². The summed E-state index contributed by atoms with van der Waals surface area (Å²) < 4.78 is 0. The van der Waals surface area contributed by atoms with Crippen molar-refractivity contribution >= 4 is 12.0 Å². The van der Waals surface area contributed by atoms with Crippen LogP contribution in [0.25, 0.3) is 0 Å². The van der Waals surface area contributed by atoms with Crippen molar-refractivity contribution in [3.05, 3.63) is 29.6 Å². The SMILES string of the molecule is CC1(O)CCCN(C(=O)NCc2cc(C(=O)O)ccn2)C1. The molecule has 1 saturated heterocycles. The number of carbonyl (C=O) groups is 2. The van der Waals surface area contributed by atoms with Crippen LogP contribution in [0, 0.1) is 0 Å². The maximum atomic E-state index is 12.0. The fourth-order valence-electron chi connectivity index (χ4n) is 2.38. The number of piperidine rings is 1. The van der Waals surface area contributed by atoms with E-state index >= 15 is 0 Å². The molecule has 7 nitrogen and oxygen atoms in total. The van der Waals surface area contributed by atoms with Crippen molar-refractivity contribution in [3.8, 4) is 0 Å². The summed E-state index contributed by atoms with van der Waals surface area (Å²) in [5, 5.41) is 21.6. The van der Waals surface area contributed by atoms with Crippen molar-refractivity contribution in [2.75, 3.05) is 13.1 Å². The topological polar surface area (TPSA) is 103 Å². The summed E-state index contributed by atoms with van der Waals surface area (Å²) >= 11 is 0. The van der Waals surface area contributed by atoms with Gasteiger partial charge in [-0.2, -0.15) is 0 Å². The average molecular weight is 293 g/mol. The number of carboxylic acids is 1. The van der Waals surface area contributed by atoms with Gasteiger partial charge < -0.3 is 20.4 Å². The number of aromatic nitrogens is 1. The number of nitrogens with one attached hydrogen (secondary N) is 1. The van der Waals surface area contributed by atoms with E-state index in [1.54, 1.807) is 11.8 Å². The Labute approximate surface area is 122 Å². The molecule has 0 saturated carbocycles. The lowest BCUT2D eigenvalue weighted by molar-refractivity contribution is -0.00254. The number of urea groups is 1. The van der Waals surface area contributed by atoms with Gasteiger partial charge in [-0.1, -0.05) is 0 Å². The van der Waals surface area contributed by atoms with Gasteiger partial charge in [0.1, 0.15) is 0 Å². The summed E-state index contributed by atoms with van der Waals surface area (Å²) in [6, 6.07) is 2.54. The Morgan fingerprint density at radius 2 is 2.29 bits per heavy atom. The normalized spacial score (nSPS) is 21.9. The molecule has 0 aromatic carbocycles. The number of aliphatic hydroxyl groups is 1. The third kappa shape index (κ3) is 4.16. The monoisotopic (exact) mass is 293 g/mol. The molecule has 1 unspecified atom stereocenters. The number of rotatable bonds is 3. The highest BCUT2D eigenvalue weighted by atomic mass is 16.4. The second-order valence-electron chi connectivity index (χ2n) is 5.52. The number of carboxylic acid groups (broad SMARTS) is 1. The number of β-amino-alcohol motifs (C(OH)–C–C–N with tert-alkyl or cyclic N) is 1. The standard InChI is InChI=1S/C14H19N3O4/c1-14(21)4-2-6-17(9-14)13(20)16-8-11-7-10(12(18)19)3-5-15-11/h3,5,7,21H,2,4,6,8-9H2,1H3,(H,16,20)(H,18,19). The third-order valence-corrected chi connectivity index (χ3v) is 3.45. The molecule has 2 amide bonds. The average Bonchev–Trinajstić information content (AvgIpc) is 2.44. The first kappa shape index (κ1) is 15.2. The van der Waals surface area contributed by atoms with Crippen LogP contribution < -0.4 is 5.32 Å². The second kappa shape index (κ2) is 6.09. The minimum absolute atomic E-state index is 0.134. The van der Waals surface area contributed by atoms with E-state index in [4.69, 9.17) is 5.11 Å². The molecule has 1 fully saturated rings. The molecule has 2 heterocycles. The van der Waals surface area contributed by atoms with Gasteiger partial charge >= 0.3 is 12.0 Å². The zero-order valence-electron chi connectivity index (χ0n) is 11.9. The Morgan fingerprint density at radius 3 is 2.95 bits per heavy atom. The highest BCUT2D eigenvalue weighted by Crippen LogP contribution is 2.20. The molecule has 114 valence electrons. The Balaban J connectivity index is 1.92. The van der Waals surface area contributed by atoms with E-state index in [2.05, 4.69) is 10.3 Å². The maximum Gasteiger partial charge on any atom is 0.335 e. The van der Waals surface area contributed by atoms with Crippen LogP contribution in [0.1, 0.15) is 35.8 Å². The molecular formula is C14H19N3O4. The summed E-state index contributed by atoms with van der Waals surface area (Å²) in [4.78, 5) is 28.5. The van der Waals surface area contributed by atoms with Gasteiger partial charge in [-0.3, -0.25) is 4.98 Å². The maximum absolute atomic E-state index is 12.0. The molecule has 21 heavy (non-hydrogen) atoms. The quantitative estimate of drug-likeness (QED) is 0.766. The number of aromatic carboxylic acids is 1. The highest BCUT2D eigenvalue weighted by molar-refractivity contribution is 5.87. The smallest absolute Gasteiger partial charge is 0.335 e. The first-order valence-electron chi connectivity index (χ1n) is 6.81. The minimum Gasteiger partial charge on any atom is -0.478 e. The van der Waals surface area contributed by atoms with Crippen LogP contribution in [-0.2, 0) is 6.54 Å². The van der Waals surface area contributed by atoms with Crippen molar-refractivity contribution in [1.82, 2.24) is 15.2 Å². The van der Waals surface area contributed by atoms with Crippen molar-refractivity contribution in [3.63, 3.8) is 0 Å². The van der Waals surface area contributed by atoms with Gasteiger partial charge in [0, 0.05) is 12.7 Å². The van der Waals surface area contributed by atoms with Crippen molar-refractivity contribution in [2.45, 2.75) is 31.9 Å². The molecule has 1 aromatic heterocycles. The number of amides is 2. The third-order valence-electron chi connectivity index (χ3n) is 3.45. The largest absolute Gasteiger partial charge is 0.478 e. The second-order valence-corrected chi connectivity index (χ2v) is 5.52. The number of hydrogen-bond acceptors (Lipinski definition) is 4. The number of pyridine rings is 1. The molecule has 1 aliphatic heterocycles. The van der Waals surface area contributed by atoms with Crippen LogP contribution in [-0.4, -0.2) is 50.8 Å². The molecule has 1 aliphatic rings. The van der Waals surface area contributed by atoms with Gasteiger partial charge in [-0.25, -0.2) is 9.59 Å². The highest BCUT2D eigenvalue weighted by Gasteiger charge is 2.30. The molecule has 0 bridgehead atoms. The summed E-state index contributed by atoms with van der Waals surface area (Å²) in [6.45, 7) is 2.76. The van der Waals surface area contributed by atoms with E-state index in [9.17, 15) is 14.7 Å². The fraction of sp³-hybridized carbons (Fsp3) is 0.500. The Hall–Kier alpha value is -2.15. The van der Waals surface area contributed by atoms with Crippen molar-refractivity contribution in [1.29, 1.82) is 0 Å². The first-order chi connectivity index (χ1) is 9.87. The molecule has 1 atom stereocenters. The van der Waals surface area contributed by atoms with Crippen LogP contribution in [0.5, 0.6) is 0 Å². The lowest BCUT2D eigenvalue weighted by atomic mass is 9.95. The minimum atomic E-state index is -1.03. The summed E-state index contributed by atoms with van der Waals surface area (Å²) in [5.41, 5.74) is -0.237. The number of carbonyl (C=O) groups excluding carboxylic acids is 1. The van der Waals surface area contributed by atoms with E-state index in [0.717, 1.165) is 6.42 Å². The molecule has 2 rings (SSSR count). The van der Waals surface area contributed by atoms with Gasteiger partial charge in [0.25, 0.3) is 0 Å². The van der Waals surface area contributed by atoms with E-state index < -0.39 is 11.6 Å². The van der Waals surface area contributed by atoms with Crippen LogP contribution in [0.4, 0.5) is 4.79 Å². The Morgan fingerprint density at radius 1 is 1.52 bits per heavy atom. The van der Waals surface area contributed by atoms with Gasteiger partial charge in [0.2, 0.25) is 0 Å². The molecule has 3 N–H and O–H groups in total. The van der Waals surface area contributed by atoms with Crippen LogP contribution in [0.3, 0.4) is 0 Å². The molecule has 0 radical (unpaired) electrons. The zero-order chi connectivity index (χ0) is 15.5. The summed E-state index contributed by atoms with van der Waals surface area (Å²) in [7, 11) is 0. The van der Waals surface area contributed by atoms with E-state index in [-0.39, 0.29) is 18.1 Å². The Bertz CT molecular complexity index is 545. The van der Waals surface area contributed by atoms with Gasteiger partial charge in [0.15, 0.2) is 0 Å². The summed E-state index contributed by atoms with van der Waals surface area (Å²) in [6.07, 6.45) is 2.84. The van der Waals surface area contributed by atoms with Crippen LogP contribution in [0.2, 0.25) is 0 Å². The molecular weight excluding hydrogens is 274 g/mol. The molecule has 7 heteroatoms. The van der Waals surface area contributed by atoms with E-state index in [1.165, 1.54) is 18.3 Å². The number of hydrogen-bond donors (Lipinski definition) is 3. The fourth-order valence-corrected chi connectivity index (χ4v) is 2.38. The first-order valence-corrected chi connectivity index (χ1v) is 6.81. The van der Waals surface area contributed by atoms with Crippen LogP contribution in [0.15, 0.2) is 18.3 Å².